The van der Waals surface area contributed by atoms with Gasteiger partial charge in [-0.3, -0.25) is 10.1 Å². The first kappa shape index (κ1) is 8.75. The van der Waals surface area contributed by atoms with Crippen molar-refractivity contribution in [3.8, 4) is 6.19 Å². The molecule has 0 aliphatic heterocycles. The SMILES string of the molecule is Cc1cc(C(=O)NC#N)sc1C. The van der Waals surface area contributed by atoms with Crippen molar-refractivity contribution in [2.75, 3.05) is 0 Å². The quantitative estimate of drug-likeness (QED) is 0.527. The molecule has 3 nitrogen and oxygen atoms in total. The fourth-order valence-corrected chi connectivity index (χ4v) is 1.73. The number of thiophene rings is 1. The predicted octanol–water partition coefficient (Wildman–Crippen LogP) is 1.58. The van der Waals surface area contributed by atoms with Crippen LogP contribution in [0.2, 0.25) is 0 Å². The summed E-state index contributed by atoms with van der Waals surface area (Å²) in [4.78, 5) is 12.8. The fourth-order valence-electron chi connectivity index (χ4n) is 0.797. The standard InChI is InChI=1S/C8H8N2OS/c1-5-3-7(12-6(5)2)8(11)10-4-9/h3H,1-2H3,(H,10,11). The molecule has 0 unspecified atom stereocenters. The first-order valence-corrected chi connectivity index (χ1v) is 4.23. The largest absolute Gasteiger partial charge is 0.274 e. The Kier molecular flexibility index (Phi) is 2.46. The Hall–Kier alpha value is -1.34. The zero-order valence-corrected chi connectivity index (χ0v) is 7.66. The van der Waals surface area contributed by atoms with Crippen molar-refractivity contribution in [3.63, 3.8) is 0 Å². The van der Waals surface area contributed by atoms with Crippen LogP contribution in [0.1, 0.15) is 20.1 Å². The summed E-state index contributed by atoms with van der Waals surface area (Å²) < 4.78 is 0. The maximum atomic E-state index is 11.1. The molecule has 4 heteroatoms. The summed E-state index contributed by atoms with van der Waals surface area (Å²) in [7, 11) is 0. The Morgan fingerprint density at radius 2 is 2.33 bits per heavy atom. The van der Waals surface area contributed by atoms with Crippen molar-refractivity contribution >= 4 is 17.2 Å². The van der Waals surface area contributed by atoms with Gasteiger partial charge in [-0.2, -0.15) is 5.26 Å². The summed E-state index contributed by atoms with van der Waals surface area (Å²) >= 11 is 1.40. The highest BCUT2D eigenvalue weighted by atomic mass is 32.1. The molecule has 1 heterocycles. The lowest BCUT2D eigenvalue weighted by atomic mass is 10.3. The Morgan fingerprint density at radius 1 is 1.67 bits per heavy atom. The lowest BCUT2D eigenvalue weighted by Crippen LogP contribution is -2.15. The Balaban J connectivity index is 2.91. The van der Waals surface area contributed by atoms with E-state index in [4.69, 9.17) is 5.26 Å². The van der Waals surface area contributed by atoms with E-state index in [1.807, 2.05) is 13.8 Å². The molecule has 0 saturated heterocycles. The van der Waals surface area contributed by atoms with Crippen molar-refractivity contribution in [2.45, 2.75) is 13.8 Å². The molecule has 1 aromatic heterocycles. The maximum absolute atomic E-state index is 11.1. The first-order valence-electron chi connectivity index (χ1n) is 3.41. The van der Waals surface area contributed by atoms with Crippen molar-refractivity contribution < 1.29 is 4.79 Å². The third-order valence-electron chi connectivity index (χ3n) is 1.56. The number of hydrogen-bond acceptors (Lipinski definition) is 3. The van der Waals surface area contributed by atoms with E-state index >= 15 is 0 Å². The Labute approximate surface area is 74.6 Å². The fraction of sp³-hybridized carbons (Fsp3) is 0.250. The minimum Gasteiger partial charge on any atom is -0.267 e. The van der Waals surface area contributed by atoms with Gasteiger partial charge in [0.1, 0.15) is 0 Å². The highest BCUT2D eigenvalue weighted by Crippen LogP contribution is 2.19. The van der Waals surface area contributed by atoms with Crippen LogP contribution < -0.4 is 5.32 Å². The van der Waals surface area contributed by atoms with Crippen molar-refractivity contribution in [2.24, 2.45) is 0 Å². The molecule has 1 amide bonds. The summed E-state index contributed by atoms with van der Waals surface area (Å²) in [6, 6.07) is 1.78. The van der Waals surface area contributed by atoms with Crippen LogP contribution in [-0.4, -0.2) is 5.91 Å². The number of nitriles is 1. The number of nitrogens with zero attached hydrogens (tertiary/aromatic N) is 1. The number of amides is 1. The van der Waals surface area contributed by atoms with Gasteiger partial charge in [-0.05, 0) is 25.5 Å². The Bertz CT molecular complexity index is 329. The normalized spacial score (nSPS) is 9.08. The molecule has 0 spiro atoms. The second-order valence-electron chi connectivity index (χ2n) is 2.42. The van der Waals surface area contributed by atoms with E-state index in [-0.39, 0.29) is 5.91 Å². The molecule has 0 aromatic carbocycles. The lowest BCUT2D eigenvalue weighted by molar-refractivity contribution is 0.0977. The van der Waals surface area contributed by atoms with Crippen LogP contribution in [0.15, 0.2) is 6.07 Å². The van der Waals surface area contributed by atoms with Crippen molar-refractivity contribution in [1.82, 2.24) is 5.32 Å². The van der Waals surface area contributed by atoms with Crippen LogP contribution in [0.4, 0.5) is 0 Å². The van der Waals surface area contributed by atoms with Gasteiger partial charge in [0.15, 0.2) is 6.19 Å². The van der Waals surface area contributed by atoms with Crippen LogP contribution in [0.3, 0.4) is 0 Å². The third-order valence-corrected chi connectivity index (χ3v) is 2.71. The molecule has 1 N–H and O–H groups in total. The highest BCUT2D eigenvalue weighted by Gasteiger charge is 2.08. The molecule has 1 aromatic rings. The molecule has 0 atom stereocenters. The number of nitrogens with one attached hydrogen (secondary N) is 1. The van der Waals surface area contributed by atoms with Gasteiger partial charge < -0.3 is 0 Å². The minimum absolute atomic E-state index is 0.321. The zero-order chi connectivity index (χ0) is 9.14. The molecule has 62 valence electrons. The molecule has 0 radical (unpaired) electrons. The van der Waals surface area contributed by atoms with Crippen LogP contribution in [0.5, 0.6) is 0 Å². The third kappa shape index (κ3) is 1.63. The van der Waals surface area contributed by atoms with Crippen molar-refractivity contribution in [1.29, 1.82) is 5.26 Å². The van der Waals surface area contributed by atoms with Gasteiger partial charge in [0.2, 0.25) is 0 Å². The zero-order valence-electron chi connectivity index (χ0n) is 6.84. The Morgan fingerprint density at radius 3 is 2.75 bits per heavy atom. The predicted molar refractivity (Wildman–Crippen MR) is 46.9 cm³/mol. The molecule has 0 bridgehead atoms. The molecule has 12 heavy (non-hydrogen) atoms. The molecular weight excluding hydrogens is 172 g/mol. The molecule has 0 aliphatic carbocycles. The number of hydrogen-bond donors (Lipinski definition) is 1. The monoisotopic (exact) mass is 180 g/mol. The van der Waals surface area contributed by atoms with Crippen LogP contribution in [0, 0.1) is 25.3 Å². The van der Waals surface area contributed by atoms with E-state index in [1.54, 1.807) is 12.3 Å². The van der Waals surface area contributed by atoms with Crippen LogP contribution >= 0.6 is 11.3 Å². The number of carbonyl (C=O) groups is 1. The van der Waals surface area contributed by atoms with Gasteiger partial charge in [0.25, 0.3) is 5.91 Å². The smallest absolute Gasteiger partial charge is 0.267 e. The topological polar surface area (TPSA) is 52.9 Å². The number of carbonyl (C=O) groups excluding carboxylic acids is 1. The van der Waals surface area contributed by atoms with E-state index in [2.05, 4.69) is 5.32 Å². The van der Waals surface area contributed by atoms with Gasteiger partial charge in [0, 0.05) is 4.88 Å². The van der Waals surface area contributed by atoms with E-state index in [0.29, 0.717) is 4.88 Å². The van der Waals surface area contributed by atoms with Crippen LogP contribution in [0.25, 0.3) is 0 Å². The average molecular weight is 180 g/mol. The summed E-state index contributed by atoms with van der Waals surface area (Å²) in [5.74, 6) is -0.321. The summed E-state index contributed by atoms with van der Waals surface area (Å²) in [6.07, 6.45) is 1.60. The lowest BCUT2D eigenvalue weighted by Gasteiger charge is -1.88. The van der Waals surface area contributed by atoms with Crippen LogP contribution in [-0.2, 0) is 0 Å². The van der Waals surface area contributed by atoms with Crippen molar-refractivity contribution in [3.05, 3.63) is 21.4 Å². The number of rotatable bonds is 1. The van der Waals surface area contributed by atoms with Gasteiger partial charge in [-0.15, -0.1) is 11.3 Å². The molecule has 0 aliphatic rings. The average Bonchev–Trinajstić information content (AvgIpc) is 2.33. The maximum Gasteiger partial charge on any atom is 0.274 e. The van der Waals surface area contributed by atoms with E-state index in [1.165, 1.54) is 11.3 Å². The molecule has 0 fully saturated rings. The van der Waals surface area contributed by atoms with E-state index in [0.717, 1.165) is 10.4 Å². The highest BCUT2D eigenvalue weighted by molar-refractivity contribution is 7.14. The molecular formula is C8H8N2OS. The summed E-state index contributed by atoms with van der Waals surface area (Å²) in [5.41, 5.74) is 1.09. The van der Waals surface area contributed by atoms with Gasteiger partial charge in [0.05, 0.1) is 4.88 Å². The molecule has 1 rings (SSSR count). The van der Waals surface area contributed by atoms with E-state index in [9.17, 15) is 4.79 Å². The summed E-state index contributed by atoms with van der Waals surface area (Å²) in [6.45, 7) is 3.89. The first-order chi connectivity index (χ1) is 5.65. The number of aryl methyl sites for hydroxylation is 2. The van der Waals surface area contributed by atoms with Gasteiger partial charge >= 0.3 is 0 Å². The second kappa shape index (κ2) is 3.37. The second-order valence-corrected chi connectivity index (χ2v) is 3.67. The minimum atomic E-state index is -0.321. The van der Waals surface area contributed by atoms with E-state index < -0.39 is 0 Å². The van der Waals surface area contributed by atoms with Gasteiger partial charge in [-0.25, -0.2) is 0 Å². The summed E-state index contributed by atoms with van der Waals surface area (Å²) in [5, 5.41) is 10.3. The molecule has 0 saturated carbocycles. The van der Waals surface area contributed by atoms with Gasteiger partial charge in [-0.1, -0.05) is 0 Å².